The maximum absolute atomic E-state index is 12.7. The summed E-state index contributed by atoms with van der Waals surface area (Å²) in [5.74, 6) is 0.579. The van der Waals surface area contributed by atoms with E-state index in [4.69, 9.17) is 16.3 Å². The maximum Gasteiger partial charge on any atom is 0.252 e. The number of rotatable bonds is 6. The number of Topliss-reactive ketones (excluding diaryl/α,β-unsaturated/α-hetero) is 1. The van der Waals surface area contributed by atoms with Crippen molar-refractivity contribution in [1.29, 1.82) is 0 Å². The van der Waals surface area contributed by atoms with Gasteiger partial charge in [-0.1, -0.05) is 11.6 Å². The summed E-state index contributed by atoms with van der Waals surface area (Å²) in [7, 11) is 0. The van der Waals surface area contributed by atoms with Crippen LogP contribution in [0.25, 0.3) is 0 Å². The Morgan fingerprint density at radius 1 is 1.24 bits per heavy atom. The Bertz CT molecular complexity index is 1110. The number of aliphatic imine (C=N–C) groups is 1. The third kappa shape index (κ3) is 5.57. The van der Waals surface area contributed by atoms with E-state index in [0.29, 0.717) is 58.9 Å². The van der Waals surface area contributed by atoms with Crippen molar-refractivity contribution in [3.8, 4) is 5.75 Å². The molecule has 4 rings (SSSR count). The van der Waals surface area contributed by atoms with E-state index in [2.05, 4.69) is 15.3 Å². The highest BCUT2D eigenvalue weighted by molar-refractivity contribution is 6.33. The van der Waals surface area contributed by atoms with Crippen molar-refractivity contribution in [3.63, 3.8) is 0 Å². The van der Waals surface area contributed by atoms with Crippen LogP contribution in [-0.2, 0) is 4.79 Å². The molecule has 2 amide bonds. The zero-order chi connectivity index (χ0) is 23.4. The molecule has 8 nitrogen and oxygen atoms in total. The SMILES string of the molecule is CC(=O)N1CCC(CNC(=O)c2cc(OCC3=Nc4cnccc4C(=O)C3)ccc2Cl)CC1. The monoisotopic (exact) mass is 468 g/mol. The van der Waals surface area contributed by atoms with Crippen LogP contribution in [0.1, 0.15) is 46.9 Å². The zero-order valence-corrected chi connectivity index (χ0v) is 19.1. The summed E-state index contributed by atoms with van der Waals surface area (Å²) in [4.78, 5) is 46.8. The minimum atomic E-state index is -0.273. The van der Waals surface area contributed by atoms with Crippen LogP contribution < -0.4 is 10.1 Å². The van der Waals surface area contributed by atoms with Crippen molar-refractivity contribution >= 4 is 40.6 Å². The van der Waals surface area contributed by atoms with Crippen LogP contribution in [0.15, 0.2) is 41.7 Å². The van der Waals surface area contributed by atoms with Gasteiger partial charge in [0.15, 0.2) is 5.78 Å². The van der Waals surface area contributed by atoms with E-state index in [1.54, 1.807) is 43.6 Å². The van der Waals surface area contributed by atoms with Crippen molar-refractivity contribution in [3.05, 3.63) is 52.8 Å². The molecule has 2 aliphatic heterocycles. The van der Waals surface area contributed by atoms with Crippen LogP contribution in [-0.4, -0.2) is 59.4 Å². The normalized spacial score (nSPS) is 16.1. The van der Waals surface area contributed by atoms with Gasteiger partial charge in [-0.2, -0.15) is 0 Å². The Morgan fingerprint density at radius 2 is 2.03 bits per heavy atom. The number of likely N-dealkylation sites (tertiary alicyclic amines) is 1. The van der Waals surface area contributed by atoms with E-state index in [9.17, 15) is 14.4 Å². The summed E-state index contributed by atoms with van der Waals surface area (Å²) in [6.45, 7) is 3.66. The number of piperidine rings is 1. The number of pyridine rings is 1. The number of hydrogen-bond donors (Lipinski definition) is 1. The first kappa shape index (κ1) is 22.9. The Kier molecular flexibility index (Phi) is 7.03. The Balaban J connectivity index is 1.34. The predicted octanol–water partition coefficient (Wildman–Crippen LogP) is 3.46. The number of fused-ring (bicyclic) bond motifs is 1. The van der Waals surface area contributed by atoms with E-state index in [-0.39, 0.29) is 30.6 Å². The lowest BCUT2D eigenvalue weighted by Gasteiger charge is -2.31. The molecule has 0 bridgehead atoms. The van der Waals surface area contributed by atoms with E-state index < -0.39 is 0 Å². The van der Waals surface area contributed by atoms with Crippen LogP contribution >= 0.6 is 11.6 Å². The van der Waals surface area contributed by atoms with Gasteiger partial charge in [-0.15, -0.1) is 0 Å². The molecule has 2 aromatic rings. The second-order valence-electron chi connectivity index (χ2n) is 8.26. The fraction of sp³-hybridized carbons (Fsp3) is 0.375. The molecule has 1 saturated heterocycles. The highest BCUT2D eigenvalue weighted by Gasteiger charge is 2.23. The molecule has 0 atom stereocenters. The number of ether oxygens (including phenoxy) is 1. The molecule has 1 aromatic carbocycles. The van der Waals surface area contributed by atoms with Gasteiger partial charge in [0.2, 0.25) is 5.91 Å². The summed E-state index contributed by atoms with van der Waals surface area (Å²) in [6.07, 6.45) is 5.02. The van der Waals surface area contributed by atoms with Crippen LogP contribution in [0.3, 0.4) is 0 Å². The van der Waals surface area contributed by atoms with Crippen molar-refractivity contribution in [2.45, 2.75) is 26.2 Å². The van der Waals surface area contributed by atoms with Crippen LogP contribution in [0.5, 0.6) is 5.75 Å². The minimum absolute atomic E-state index is 0.0219. The van der Waals surface area contributed by atoms with Crippen LogP contribution in [0.2, 0.25) is 5.02 Å². The van der Waals surface area contributed by atoms with Gasteiger partial charge >= 0.3 is 0 Å². The minimum Gasteiger partial charge on any atom is -0.488 e. The summed E-state index contributed by atoms with van der Waals surface area (Å²) in [5, 5.41) is 3.28. The van der Waals surface area contributed by atoms with Crippen molar-refractivity contribution in [2.24, 2.45) is 10.9 Å². The van der Waals surface area contributed by atoms with E-state index in [1.165, 1.54) is 0 Å². The Labute approximate surface area is 197 Å². The molecular weight excluding hydrogens is 444 g/mol. The maximum atomic E-state index is 12.7. The molecule has 2 aliphatic rings. The average Bonchev–Trinajstić information content (AvgIpc) is 2.82. The number of hydrogen-bond acceptors (Lipinski definition) is 6. The molecular formula is C24H25ClN4O4. The average molecular weight is 469 g/mol. The lowest BCUT2D eigenvalue weighted by Crippen LogP contribution is -2.40. The number of benzene rings is 1. The smallest absolute Gasteiger partial charge is 0.252 e. The lowest BCUT2D eigenvalue weighted by atomic mass is 9.96. The number of nitrogens with one attached hydrogen (secondary N) is 1. The van der Waals surface area contributed by atoms with E-state index in [0.717, 1.165) is 12.8 Å². The molecule has 0 spiro atoms. The molecule has 0 aliphatic carbocycles. The number of ketones is 1. The summed E-state index contributed by atoms with van der Waals surface area (Å²) < 4.78 is 5.80. The van der Waals surface area contributed by atoms with Gasteiger partial charge in [0.25, 0.3) is 5.91 Å². The standard InChI is InChI=1S/C24H25ClN4O4/c1-15(30)29-8-5-16(6-9-29)12-27-24(32)20-11-18(2-3-21(20)25)33-14-17-10-23(31)19-4-7-26-13-22(19)28-17/h2-4,7,11,13,16H,5-6,8-10,12,14H2,1H3,(H,27,32). The molecule has 1 N–H and O–H groups in total. The second kappa shape index (κ2) is 10.1. The second-order valence-corrected chi connectivity index (χ2v) is 8.67. The van der Waals surface area contributed by atoms with Gasteiger partial charge in [0, 0.05) is 38.3 Å². The molecule has 0 unspecified atom stereocenters. The van der Waals surface area contributed by atoms with Crippen molar-refractivity contribution in [2.75, 3.05) is 26.2 Å². The third-order valence-electron chi connectivity index (χ3n) is 5.94. The first-order valence-electron chi connectivity index (χ1n) is 10.9. The fourth-order valence-corrected chi connectivity index (χ4v) is 4.21. The first-order valence-corrected chi connectivity index (χ1v) is 11.3. The van der Waals surface area contributed by atoms with Gasteiger partial charge in [0.1, 0.15) is 12.4 Å². The number of amides is 2. The Hall–Kier alpha value is -3.26. The van der Waals surface area contributed by atoms with Gasteiger partial charge in [-0.25, -0.2) is 0 Å². The highest BCUT2D eigenvalue weighted by Crippen LogP contribution is 2.26. The van der Waals surface area contributed by atoms with E-state index in [1.807, 2.05) is 4.90 Å². The molecule has 1 aromatic heterocycles. The number of carbonyl (C=O) groups excluding carboxylic acids is 3. The van der Waals surface area contributed by atoms with Gasteiger partial charge < -0.3 is 15.0 Å². The summed E-state index contributed by atoms with van der Waals surface area (Å²) >= 11 is 6.25. The lowest BCUT2D eigenvalue weighted by molar-refractivity contribution is -0.130. The number of carbonyl (C=O) groups is 3. The molecule has 1 fully saturated rings. The fourth-order valence-electron chi connectivity index (χ4n) is 4.00. The molecule has 172 valence electrons. The molecule has 9 heteroatoms. The van der Waals surface area contributed by atoms with Crippen LogP contribution in [0, 0.1) is 5.92 Å². The molecule has 0 saturated carbocycles. The van der Waals surface area contributed by atoms with Crippen LogP contribution in [0.4, 0.5) is 5.69 Å². The molecule has 33 heavy (non-hydrogen) atoms. The number of halogens is 1. The first-order chi connectivity index (χ1) is 15.9. The van der Waals surface area contributed by atoms with Gasteiger partial charge in [0.05, 0.1) is 34.6 Å². The Morgan fingerprint density at radius 3 is 2.79 bits per heavy atom. The quantitative estimate of drug-likeness (QED) is 0.699. The largest absolute Gasteiger partial charge is 0.488 e. The molecule has 0 radical (unpaired) electrons. The van der Waals surface area contributed by atoms with Crippen molar-refractivity contribution in [1.82, 2.24) is 15.2 Å². The van der Waals surface area contributed by atoms with Gasteiger partial charge in [-0.3, -0.25) is 24.4 Å². The summed E-state index contributed by atoms with van der Waals surface area (Å²) in [5.41, 5.74) is 2.02. The van der Waals surface area contributed by atoms with Crippen molar-refractivity contribution < 1.29 is 19.1 Å². The predicted molar refractivity (Wildman–Crippen MR) is 125 cm³/mol. The van der Waals surface area contributed by atoms with E-state index >= 15 is 0 Å². The third-order valence-corrected chi connectivity index (χ3v) is 6.27. The summed E-state index contributed by atoms with van der Waals surface area (Å²) in [6, 6.07) is 6.55. The molecule has 3 heterocycles. The highest BCUT2D eigenvalue weighted by atomic mass is 35.5. The van der Waals surface area contributed by atoms with Gasteiger partial charge in [-0.05, 0) is 43.0 Å². The zero-order valence-electron chi connectivity index (χ0n) is 18.3. The number of nitrogens with zero attached hydrogens (tertiary/aromatic N) is 3. The topological polar surface area (TPSA) is 101 Å². The number of aromatic nitrogens is 1.